The second kappa shape index (κ2) is 8.86. The van der Waals surface area contributed by atoms with Crippen molar-refractivity contribution >= 4 is 29.0 Å². The van der Waals surface area contributed by atoms with Gasteiger partial charge in [-0.25, -0.2) is 14.8 Å². The van der Waals surface area contributed by atoms with Crippen molar-refractivity contribution in [1.82, 2.24) is 9.97 Å². The normalized spacial score (nSPS) is 10.4. The summed E-state index contributed by atoms with van der Waals surface area (Å²) in [7, 11) is 1.96. The van der Waals surface area contributed by atoms with Crippen molar-refractivity contribution in [3.63, 3.8) is 0 Å². The molecule has 0 spiro atoms. The SMILES string of the molecule is CCCCN(C)c1ncnc(Nc2cccc(C(=O)OCC)c2)c1N. The molecule has 0 bridgehead atoms. The first kappa shape index (κ1) is 18.5. The predicted molar refractivity (Wildman–Crippen MR) is 100 cm³/mol. The van der Waals surface area contributed by atoms with Gasteiger partial charge >= 0.3 is 5.97 Å². The van der Waals surface area contributed by atoms with Crippen LogP contribution in [0.3, 0.4) is 0 Å². The largest absolute Gasteiger partial charge is 0.462 e. The maximum absolute atomic E-state index is 11.9. The Morgan fingerprint density at radius 1 is 1.32 bits per heavy atom. The van der Waals surface area contributed by atoms with E-state index in [0.717, 1.165) is 19.4 Å². The fraction of sp³-hybridized carbons (Fsp3) is 0.389. The summed E-state index contributed by atoms with van der Waals surface area (Å²) in [5.41, 5.74) is 7.88. The van der Waals surface area contributed by atoms with E-state index >= 15 is 0 Å². The minimum Gasteiger partial charge on any atom is -0.462 e. The lowest BCUT2D eigenvalue weighted by Gasteiger charge is -2.20. The molecule has 0 unspecified atom stereocenters. The fourth-order valence-electron chi connectivity index (χ4n) is 2.37. The van der Waals surface area contributed by atoms with Crippen LogP contribution in [0.15, 0.2) is 30.6 Å². The van der Waals surface area contributed by atoms with E-state index in [0.29, 0.717) is 35.2 Å². The summed E-state index contributed by atoms with van der Waals surface area (Å²) in [5.74, 6) is 0.837. The predicted octanol–water partition coefficient (Wildman–Crippen LogP) is 3.22. The van der Waals surface area contributed by atoms with E-state index in [9.17, 15) is 4.79 Å². The molecule has 0 radical (unpaired) electrons. The molecule has 134 valence electrons. The summed E-state index contributed by atoms with van der Waals surface area (Å²) in [6.45, 7) is 5.12. The highest BCUT2D eigenvalue weighted by atomic mass is 16.5. The molecule has 1 aromatic heterocycles. The lowest BCUT2D eigenvalue weighted by molar-refractivity contribution is 0.0526. The van der Waals surface area contributed by atoms with Gasteiger partial charge in [-0.05, 0) is 31.5 Å². The summed E-state index contributed by atoms with van der Waals surface area (Å²) < 4.78 is 5.02. The topological polar surface area (TPSA) is 93.4 Å². The minimum absolute atomic E-state index is 0.336. The number of aromatic nitrogens is 2. The molecule has 2 aromatic rings. The molecule has 2 rings (SSSR count). The highest BCUT2D eigenvalue weighted by molar-refractivity contribution is 5.91. The van der Waals surface area contributed by atoms with Gasteiger partial charge in [0.1, 0.15) is 12.0 Å². The number of esters is 1. The maximum Gasteiger partial charge on any atom is 0.338 e. The Balaban J connectivity index is 2.20. The number of nitrogens with two attached hydrogens (primary N) is 1. The Kier molecular flexibility index (Phi) is 6.56. The highest BCUT2D eigenvalue weighted by Crippen LogP contribution is 2.28. The Morgan fingerprint density at radius 3 is 2.84 bits per heavy atom. The molecule has 0 fully saturated rings. The highest BCUT2D eigenvalue weighted by Gasteiger charge is 2.13. The average molecular weight is 343 g/mol. The number of anilines is 4. The van der Waals surface area contributed by atoms with Gasteiger partial charge in [0.15, 0.2) is 11.6 Å². The van der Waals surface area contributed by atoms with Gasteiger partial charge in [-0.3, -0.25) is 0 Å². The molecule has 0 atom stereocenters. The van der Waals surface area contributed by atoms with Crippen molar-refractivity contribution in [2.75, 3.05) is 36.1 Å². The zero-order valence-corrected chi connectivity index (χ0v) is 15.0. The van der Waals surface area contributed by atoms with Gasteiger partial charge in [0.2, 0.25) is 0 Å². The molecular formula is C18H25N5O2. The van der Waals surface area contributed by atoms with Gasteiger partial charge in [0.25, 0.3) is 0 Å². The molecule has 0 aliphatic heterocycles. The van der Waals surface area contributed by atoms with Crippen LogP contribution in [0.2, 0.25) is 0 Å². The maximum atomic E-state index is 11.9. The van der Waals surface area contributed by atoms with E-state index in [1.807, 2.05) is 18.0 Å². The van der Waals surface area contributed by atoms with Crippen LogP contribution < -0.4 is 16.0 Å². The van der Waals surface area contributed by atoms with Gasteiger partial charge in [-0.1, -0.05) is 19.4 Å². The fourth-order valence-corrected chi connectivity index (χ4v) is 2.37. The number of carbonyl (C=O) groups excluding carboxylic acids is 1. The number of hydrogen-bond acceptors (Lipinski definition) is 7. The lowest BCUT2D eigenvalue weighted by atomic mass is 10.2. The third-order valence-corrected chi connectivity index (χ3v) is 3.71. The molecule has 0 amide bonds. The molecule has 7 heteroatoms. The second-order valence-corrected chi connectivity index (χ2v) is 5.66. The van der Waals surface area contributed by atoms with Crippen LogP contribution >= 0.6 is 0 Å². The first-order chi connectivity index (χ1) is 12.1. The van der Waals surface area contributed by atoms with Crippen LogP contribution in [0, 0.1) is 0 Å². The third-order valence-electron chi connectivity index (χ3n) is 3.71. The summed E-state index contributed by atoms with van der Waals surface area (Å²) >= 11 is 0. The Morgan fingerprint density at radius 2 is 2.12 bits per heavy atom. The molecule has 1 heterocycles. The summed E-state index contributed by atoms with van der Waals surface area (Å²) in [6, 6.07) is 7.03. The lowest BCUT2D eigenvalue weighted by Crippen LogP contribution is -2.21. The monoisotopic (exact) mass is 343 g/mol. The van der Waals surface area contributed by atoms with Gasteiger partial charge < -0.3 is 20.7 Å². The standard InChI is InChI=1S/C18H25N5O2/c1-4-6-10-23(3)17-15(19)16(20-12-21-17)22-14-9-7-8-13(11-14)18(24)25-5-2/h7-9,11-12H,4-6,10,19H2,1-3H3,(H,20,21,22). The zero-order valence-electron chi connectivity index (χ0n) is 15.0. The van der Waals surface area contributed by atoms with Crippen molar-refractivity contribution in [1.29, 1.82) is 0 Å². The van der Waals surface area contributed by atoms with E-state index in [2.05, 4.69) is 22.2 Å². The molecular weight excluding hydrogens is 318 g/mol. The van der Waals surface area contributed by atoms with Crippen LogP contribution in [0.25, 0.3) is 0 Å². The van der Waals surface area contributed by atoms with Crippen LogP contribution in [0.4, 0.5) is 23.0 Å². The number of carbonyl (C=O) groups is 1. The summed E-state index contributed by atoms with van der Waals surface area (Å²) in [4.78, 5) is 22.4. The number of benzene rings is 1. The van der Waals surface area contributed by atoms with Crippen LogP contribution in [0.5, 0.6) is 0 Å². The van der Waals surface area contributed by atoms with Crippen molar-refractivity contribution in [2.24, 2.45) is 0 Å². The molecule has 3 N–H and O–H groups in total. The second-order valence-electron chi connectivity index (χ2n) is 5.66. The van der Waals surface area contributed by atoms with Crippen molar-refractivity contribution < 1.29 is 9.53 Å². The summed E-state index contributed by atoms with van der Waals surface area (Å²) in [5, 5.41) is 3.15. The zero-order chi connectivity index (χ0) is 18.2. The number of nitrogens with zero attached hydrogens (tertiary/aromatic N) is 3. The van der Waals surface area contributed by atoms with E-state index in [-0.39, 0.29) is 5.97 Å². The van der Waals surface area contributed by atoms with Gasteiger partial charge in [0.05, 0.1) is 12.2 Å². The Hall–Kier alpha value is -2.83. The van der Waals surface area contributed by atoms with Crippen molar-refractivity contribution in [3.8, 4) is 0 Å². The average Bonchev–Trinajstić information content (AvgIpc) is 2.62. The molecule has 1 aromatic carbocycles. The van der Waals surface area contributed by atoms with E-state index in [4.69, 9.17) is 10.5 Å². The molecule has 0 saturated carbocycles. The number of hydrogen-bond donors (Lipinski definition) is 2. The van der Waals surface area contributed by atoms with Crippen LogP contribution in [-0.4, -0.2) is 36.1 Å². The first-order valence-electron chi connectivity index (χ1n) is 8.42. The Labute approximate surface area is 148 Å². The van der Waals surface area contributed by atoms with E-state index in [1.54, 1.807) is 25.1 Å². The van der Waals surface area contributed by atoms with Crippen LogP contribution in [-0.2, 0) is 4.74 Å². The van der Waals surface area contributed by atoms with Gasteiger partial charge in [0, 0.05) is 19.3 Å². The van der Waals surface area contributed by atoms with Gasteiger partial charge in [-0.15, -0.1) is 0 Å². The number of ether oxygens (including phenoxy) is 1. The minimum atomic E-state index is -0.359. The summed E-state index contributed by atoms with van der Waals surface area (Å²) in [6.07, 6.45) is 3.64. The van der Waals surface area contributed by atoms with Crippen molar-refractivity contribution in [3.05, 3.63) is 36.2 Å². The van der Waals surface area contributed by atoms with E-state index < -0.39 is 0 Å². The number of nitrogens with one attached hydrogen (secondary N) is 1. The molecule has 0 aliphatic carbocycles. The third kappa shape index (κ3) is 4.82. The van der Waals surface area contributed by atoms with Crippen LogP contribution in [0.1, 0.15) is 37.0 Å². The van der Waals surface area contributed by atoms with Crippen molar-refractivity contribution in [2.45, 2.75) is 26.7 Å². The molecule has 25 heavy (non-hydrogen) atoms. The molecule has 0 aliphatic rings. The smallest absolute Gasteiger partial charge is 0.338 e. The quantitative estimate of drug-likeness (QED) is 0.711. The Bertz CT molecular complexity index is 720. The number of nitrogen functional groups attached to an aromatic ring is 1. The first-order valence-corrected chi connectivity index (χ1v) is 8.42. The van der Waals surface area contributed by atoms with Gasteiger partial charge in [-0.2, -0.15) is 0 Å². The number of rotatable bonds is 8. The van der Waals surface area contributed by atoms with E-state index in [1.165, 1.54) is 6.33 Å². The molecule has 7 nitrogen and oxygen atoms in total. The molecule has 0 saturated heterocycles. The number of unbranched alkanes of at least 4 members (excludes halogenated alkanes) is 1.